The minimum absolute atomic E-state index is 0.654. The quantitative estimate of drug-likeness (QED) is 0.647. The SMILES string of the molecule is Clc1ccc2cc3c(cc2c1)COC1=C3CCC=C1. The van der Waals surface area contributed by atoms with Crippen LogP contribution in [0.15, 0.2) is 48.2 Å². The van der Waals surface area contributed by atoms with Crippen molar-refractivity contribution in [3.8, 4) is 0 Å². The number of allylic oxidation sites excluding steroid dienone is 3. The molecule has 2 aromatic carbocycles. The highest BCUT2D eigenvalue weighted by Crippen LogP contribution is 2.38. The van der Waals surface area contributed by atoms with Gasteiger partial charge in [0.1, 0.15) is 12.4 Å². The molecule has 1 heterocycles. The molecule has 0 fully saturated rings. The molecular formula is C17H13ClO. The maximum Gasteiger partial charge on any atom is 0.123 e. The van der Waals surface area contributed by atoms with Crippen molar-refractivity contribution in [1.82, 2.24) is 0 Å². The zero-order chi connectivity index (χ0) is 12.8. The largest absolute Gasteiger partial charge is 0.489 e. The number of ether oxygens (including phenoxy) is 1. The van der Waals surface area contributed by atoms with Gasteiger partial charge in [0.25, 0.3) is 0 Å². The average Bonchev–Trinajstić information content (AvgIpc) is 2.45. The fraction of sp³-hybridized carbons (Fsp3) is 0.176. The van der Waals surface area contributed by atoms with E-state index in [2.05, 4.69) is 30.4 Å². The molecule has 94 valence electrons. The third-order valence-electron chi connectivity index (χ3n) is 3.86. The number of benzene rings is 2. The van der Waals surface area contributed by atoms with Crippen molar-refractivity contribution in [2.75, 3.05) is 0 Å². The fourth-order valence-corrected chi connectivity index (χ4v) is 3.10. The topological polar surface area (TPSA) is 9.23 Å². The lowest BCUT2D eigenvalue weighted by Crippen LogP contribution is -2.08. The standard InChI is InChI=1S/C17H13ClO/c18-14-6-5-11-9-16-13(7-12(11)8-14)10-19-17-4-2-1-3-15(16)17/h2,4-9H,1,3,10H2. The number of rotatable bonds is 0. The molecular weight excluding hydrogens is 256 g/mol. The smallest absolute Gasteiger partial charge is 0.123 e. The highest BCUT2D eigenvalue weighted by Gasteiger charge is 2.20. The van der Waals surface area contributed by atoms with Crippen LogP contribution < -0.4 is 0 Å². The lowest BCUT2D eigenvalue weighted by Gasteiger charge is -2.25. The van der Waals surface area contributed by atoms with Crippen LogP contribution in [0, 0.1) is 0 Å². The van der Waals surface area contributed by atoms with Crippen molar-refractivity contribution in [1.29, 1.82) is 0 Å². The van der Waals surface area contributed by atoms with Crippen LogP contribution in [0.1, 0.15) is 24.0 Å². The normalized spacial score (nSPS) is 17.1. The third kappa shape index (κ3) is 1.77. The Labute approximate surface area is 117 Å². The lowest BCUT2D eigenvalue weighted by molar-refractivity contribution is 0.206. The van der Waals surface area contributed by atoms with Gasteiger partial charge in [-0.25, -0.2) is 0 Å². The van der Waals surface area contributed by atoms with Crippen molar-refractivity contribution in [2.24, 2.45) is 0 Å². The molecule has 1 aliphatic carbocycles. The van der Waals surface area contributed by atoms with Crippen LogP contribution in [0.5, 0.6) is 0 Å². The van der Waals surface area contributed by atoms with Crippen molar-refractivity contribution >= 4 is 27.9 Å². The molecule has 0 bridgehead atoms. The van der Waals surface area contributed by atoms with Crippen LogP contribution in [-0.4, -0.2) is 0 Å². The van der Waals surface area contributed by atoms with E-state index in [4.69, 9.17) is 16.3 Å². The van der Waals surface area contributed by atoms with Gasteiger partial charge in [-0.2, -0.15) is 0 Å². The minimum Gasteiger partial charge on any atom is -0.489 e. The summed E-state index contributed by atoms with van der Waals surface area (Å²) >= 11 is 6.06. The van der Waals surface area contributed by atoms with Gasteiger partial charge in [0.2, 0.25) is 0 Å². The first-order chi connectivity index (χ1) is 9.31. The molecule has 0 aromatic heterocycles. The van der Waals surface area contributed by atoms with Gasteiger partial charge in [-0.15, -0.1) is 0 Å². The maximum atomic E-state index is 6.06. The molecule has 2 aromatic rings. The Morgan fingerprint density at radius 1 is 1.05 bits per heavy atom. The number of hydrogen-bond donors (Lipinski definition) is 0. The van der Waals surface area contributed by atoms with Crippen molar-refractivity contribution < 1.29 is 4.74 Å². The Balaban J connectivity index is 1.98. The Morgan fingerprint density at radius 2 is 2.00 bits per heavy atom. The summed E-state index contributed by atoms with van der Waals surface area (Å²) < 4.78 is 5.85. The molecule has 0 radical (unpaired) electrons. The summed E-state index contributed by atoms with van der Waals surface area (Å²) in [6.07, 6.45) is 6.46. The third-order valence-corrected chi connectivity index (χ3v) is 4.10. The Bertz CT molecular complexity index is 740. The van der Waals surface area contributed by atoms with Gasteiger partial charge in [-0.05, 0) is 65.1 Å². The van der Waals surface area contributed by atoms with Crippen LogP contribution in [0.3, 0.4) is 0 Å². The van der Waals surface area contributed by atoms with E-state index in [1.165, 1.54) is 27.5 Å². The van der Waals surface area contributed by atoms with Gasteiger partial charge in [0.15, 0.2) is 0 Å². The van der Waals surface area contributed by atoms with Crippen LogP contribution in [0.4, 0.5) is 0 Å². The summed E-state index contributed by atoms with van der Waals surface area (Å²) in [5.41, 5.74) is 3.96. The Kier molecular flexibility index (Phi) is 2.42. The van der Waals surface area contributed by atoms with Crippen molar-refractivity contribution in [3.63, 3.8) is 0 Å². The predicted molar refractivity (Wildman–Crippen MR) is 79.0 cm³/mol. The zero-order valence-corrected chi connectivity index (χ0v) is 11.2. The maximum absolute atomic E-state index is 6.06. The van der Waals surface area contributed by atoms with E-state index in [0.717, 1.165) is 23.6 Å². The van der Waals surface area contributed by atoms with E-state index in [1.807, 2.05) is 12.1 Å². The van der Waals surface area contributed by atoms with Crippen molar-refractivity contribution in [2.45, 2.75) is 19.4 Å². The highest BCUT2D eigenvalue weighted by molar-refractivity contribution is 6.31. The van der Waals surface area contributed by atoms with Gasteiger partial charge in [0, 0.05) is 10.6 Å². The second kappa shape index (κ2) is 4.14. The Hall–Kier alpha value is -1.73. The molecule has 0 N–H and O–H groups in total. The second-order valence-electron chi connectivity index (χ2n) is 5.07. The monoisotopic (exact) mass is 268 g/mol. The fourth-order valence-electron chi connectivity index (χ4n) is 2.92. The molecule has 0 amide bonds. The molecule has 2 heteroatoms. The molecule has 0 saturated carbocycles. The van der Waals surface area contributed by atoms with Gasteiger partial charge < -0.3 is 4.74 Å². The summed E-state index contributed by atoms with van der Waals surface area (Å²) in [6.45, 7) is 0.654. The molecule has 2 aliphatic rings. The van der Waals surface area contributed by atoms with Crippen molar-refractivity contribution in [3.05, 3.63) is 64.4 Å². The summed E-state index contributed by atoms with van der Waals surface area (Å²) in [4.78, 5) is 0. The van der Waals surface area contributed by atoms with E-state index in [-0.39, 0.29) is 0 Å². The molecule has 0 atom stereocenters. The molecule has 0 spiro atoms. The molecule has 0 unspecified atom stereocenters. The van der Waals surface area contributed by atoms with Gasteiger partial charge in [0.05, 0.1) is 0 Å². The van der Waals surface area contributed by atoms with Crippen LogP contribution in [0.2, 0.25) is 5.02 Å². The van der Waals surface area contributed by atoms with Crippen LogP contribution in [0.25, 0.3) is 16.3 Å². The van der Waals surface area contributed by atoms with E-state index in [1.54, 1.807) is 0 Å². The first-order valence-corrected chi connectivity index (χ1v) is 6.94. The summed E-state index contributed by atoms with van der Waals surface area (Å²) in [5, 5.41) is 3.21. The molecule has 19 heavy (non-hydrogen) atoms. The van der Waals surface area contributed by atoms with E-state index >= 15 is 0 Å². The van der Waals surface area contributed by atoms with Gasteiger partial charge in [-0.1, -0.05) is 23.7 Å². The van der Waals surface area contributed by atoms with E-state index in [9.17, 15) is 0 Å². The predicted octanol–water partition coefficient (Wildman–Crippen LogP) is 5.08. The number of hydrogen-bond acceptors (Lipinski definition) is 1. The highest BCUT2D eigenvalue weighted by atomic mass is 35.5. The average molecular weight is 269 g/mol. The second-order valence-corrected chi connectivity index (χ2v) is 5.51. The number of fused-ring (bicyclic) bond motifs is 3. The Morgan fingerprint density at radius 3 is 2.95 bits per heavy atom. The van der Waals surface area contributed by atoms with E-state index in [0.29, 0.717) is 6.61 Å². The van der Waals surface area contributed by atoms with Gasteiger partial charge in [-0.3, -0.25) is 0 Å². The zero-order valence-electron chi connectivity index (χ0n) is 10.4. The van der Waals surface area contributed by atoms with Crippen LogP contribution in [-0.2, 0) is 11.3 Å². The molecule has 1 nitrogen and oxygen atoms in total. The molecule has 4 rings (SSSR count). The van der Waals surface area contributed by atoms with E-state index < -0.39 is 0 Å². The molecule has 1 aliphatic heterocycles. The summed E-state index contributed by atoms with van der Waals surface area (Å²) in [7, 11) is 0. The van der Waals surface area contributed by atoms with Gasteiger partial charge >= 0.3 is 0 Å². The molecule has 0 saturated heterocycles. The summed E-state index contributed by atoms with van der Waals surface area (Å²) in [6, 6.07) is 10.5. The number of halogens is 1. The minimum atomic E-state index is 0.654. The first kappa shape index (κ1) is 11.1. The summed E-state index contributed by atoms with van der Waals surface area (Å²) in [5.74, 6) is 1.05. The van der Waals surface area contributed by atoms with Crippen LogP contribution >= 0.6 is 11.6 Å². The first-order valence-electron chi connectivity index (χ1n) is 6.56. The lowest BCUT2D eigenvalue weighted by atomic mass is 9.89.